The average Bonchev–Trinajstić information content (AvgIpc) is 2.35. The van der Waals surface area contributed by atoms with Crippen LogP contribution in [-0.4, -0.2) is 16.9 Å². The summed E-state index contributed by atoms with van der Waals surface area (Å²) in [5.74, 6) is -0.973. The minimum atomic E-state index is -4.51. The number of rotatable bonds is 3. The van der Waals surface area contributed by atoms with Gasteiger partial charge in [-0.2, -0.15) is 13.2 Å². The fourth-order valence-electron chi connectivity index (χ4n) is 0.997. The summed E-state index contributed by atoms with van der Waals surface area (Å²) in [6.45, 7) is 4.06. The number of aryl methyl sites for hydroxylation is 1. The summed E-state index contributed by atoms with van der Waals surface area (Å²) in [7, 11) is -2.29. The molecule has 1 aromatic rings. The predicted molar refractivity (Wildman–Crippen MR) is 68.0 cm³/mol. The minimum absolute atomic E-state index is 0.246. The molecule has 0 aliphatic heterocycles. The molecule has 1 unspecified atom stereocenters. The molecule has 1 atom stereocenters. The number of halogens is 5. The molecule has 0 spiro atoms. The van der Waals surface area contributed by atoms with Crippen molar-refractivity contribution in [3.63, 3.8) is 0 Å². The van der Waals surface area contributed by atoms with Gasteiger partial charge in [0.15, 0.2) is 5.82 Å². The largest absolute Gasteiger partial charge is 0.402 e. The first kappa shape index (κ1) is 18.3. The van der Waals surface area contributed by atoms with Crippen molar-refractivity contribution in [1.29, 1.82) is 0 Å². The van der Waals surface area contributed by atoms with Crippen molar-refractivity contribution in [3.8, 4) is 0 Å². The molecule has 0 amide bonds. The van der Waals surface area contributed by atoms with Crippen LogP contribution in [-0.2, 0) is 11.0 Å². The molecule has 110 valence electrons. The molecular weight excluding hydrogens is 306 g/mol. The summed E-state index contributed by atoms with van der Waals surface area (Å²) in [5, 5.41) is -0.246. The molecule has 1 aromatic carbocycles. The van der Waals surface area contributed by atoms with Gasteiger partial charge in [-0.05, 0) is 18.6 Å². The highest BCUT2D eigenvalue weighted by atomic mass is 35.5. The Bertz CT molecular complexity index is 451. The van der Waals surface area contributed by atoms with Crippen LogP contribution in [0.1, 0.15) is 19.4 Å². The predicted octanol–water partition coefficient (Wildman–Crippen LogP) is 3.99. The van der Waals surface area contributed by atoms with Crippen LogP contribution >= 0.6 is 11.6 Å². The van der Waals surface area contributed by atoms with Gasteiger partial charge >= 0.3 is 6.18 Å². The minimum Gasteiger partial charge on any atom is -0.237 e. The van der Waals surface area contributed by atoms with Gasteiger partial charge in [-0.1, -0.05) is 31.5 Å². The van der Waals surface area contributed by atoms with E-state index < -0.39 is 34.4 Å². The van der Waals surface area contributed by atoms with Crippen LogP contribution in [0.5, 0.6) is 0 Å². The molecule has 2 nitrogen and oxygen atoms in total. The molecule has 0 heterocycles. The average molecular weight is 320 g/mol. The first-order valence-corrected chi connectivity index (χ1v) is 6.92. The van der Waals surface area contributed by atoms with Crippen molar-refractivity contribution in [2.75, 3.05) is 6.54 Å². The van der Waals surface area contributed by atoms with E-state index in [9.17, 15) is 21.8 Å². The summed E-state index contributed by atoms with van der Waals surface area (Å²) < 4.78 is 62.1. The first-order valence-electron chi connectivity index (χ1n) is 5.39. The monoisotopic (exact) mass is 319 g/mol. The molecule has 8 heteroatoms. The Morgan fingerprint density at radius 2 is 1.84 bits per heavy atom. The SMILES string of the molecule is CC.Cc1ccc(S(=O)NCC(F)(F)F)c(F)c1Cl. The summed E-state index contributed by atoms with van der Waals surface area (Å²) >= 11 is 5.56. The van der Waals surface area contributed by atoms with Crippen molar-refractivity contribution >= 4 is 22.6 Å². The highest BCUT2D eigenvalue weighted by molar-refractivity contribution is 7.83. The normalized spacial score (nSPS) is 12.6. The van der Waals surface area contributed by atoms with Crippen molar-refractivity contribution in [1.82, 2.24) is 4.72 Å². The van der Waals surface area contributed by atoms with Gasteiger partial charge in [0.2, 0.25) is 0 Å². The summed E-state index contributed by atoms with van der Waals surface area (Å²) in [6, 6.07) is 2.52. The van der Waals surface area contributed by atoms with E-state index >= 15 is 0 Å². The molecule has 19 heavy (non-hydrogen) atoms. The number of nitrogens with one attached hydrogen (secondary N) is 1. The lowest BCUT2D eigenvalue weighted by atomic mass is 10.2. The van der Waals surface area contributed by atoms with Crippen molar-refractivity contribution in [3.05, 3.63) is 28.5 Å². The highest BCUT2D eigenvalue weighted by Gasteiger charge is 2.28. The Hall–Kier alpha value is -0.660. The van der Waals surface area contributed by atoms with Gasteiger partial charge in [-0.25, -0.2) is 13.3 Å². The van der Waals surface area contributed by atoms with E-state index in [-0.39, 0.29) is 5.02 Å². The van der Waals surface area contributed by atoms with Crippen LogP contribution in [0.2, 0.25) is 5.02 Å². The highest BCUT2D eigenvalue weighted by Crippen LogP contribution is 2.24. The molecular formula is C11H14ClF4NOS. The fraction of sp³-hybridized carbons (Fsp3) is 0.455. The number of hydrogen-bond acceptors (Lipinski definition) is 1. The molecule has 0 aliphatic rings. The van der Waals surface area contributed by atoms with Gasteiger partial charge < -0.3 is 0 Å². The van der Waals surface area contributed by atoms with Gasteiger partial charge in [0.1, 0.15) is 17.5 Å². The molecule has 0 saturated heterocycles. The Morgan fingerprint density at radius 1 is 1.32 bits per heavy atom. The number of hydrogen-bond donors (Lipinski definition) is 1. The van der Waals surface area contributed by atoms with E-state index in [1.807, 2.05) is 13.8 Å². The third-order valence-electron chi connectivity index (χ3n) is 1.84. The van der Waals surface area contributed by atoms with Crippen LogP contribution in [0.4, 0.5) is 17.6 Å². The molecule has 0 aliphatic carbocycles. The van der Waals surface area contributed by atoms with E-state index in [2.05, 4.69) is 0 Å². The Kier molecular flexibility index (Phi) is 7.54. The fourth-order valence-corrected chi connectivity index (χ4v) is 2.12. The van der Waals surface area contributed by atoms with Crippen LogP contribution in [0, 0.1) is 12.7 Å². The standard InChI is InChI=1S/C9H8ClF4NOS.C2H6/c1-5-2-3-6(8(11)7(5)10)17(16)15-4-9(12,13)14;1-2/h2-3,15H,4H2,1H3;1-2H3. The Morgan fingerprint density at radius 3 is 2.32 bits per heavy atom. The number of benzene rings is 1. The zero-order valence-electron chi connectivity index (χ0n) is 10.6. The van der Waals surface area contributed by atoms with Crippen LogP contribution in [0.3, 0.4) is 0 Å². The second-order valence-electron chi connectivity index (χ2n) is 3.21. The maximum absolute atomic E-state index is 13.5. The first-order chi connectivity index (χ1) is 8.72. The molecule has 0 saturated carbocycles. The lowest BCUT2D eigenvalue weighted by Gasteiger charge is -2.09. The van der Waals surface area contributed by atoms with E-state index in [0.29, 0.717) is 5.56 Å². The second kappa shape index (κ2) is 7.81. The van der Waals surface area contributed by atoms with Crippen LogP contribution in [0.15, 0.2) is 17.0 Å². The van der Waals surface area contributed by atoms with Gasteiger partial charge in [0.25, 0.3) is 0 Å². The van der Waals surface area contributed by atoms with E-state index in [4.69, 9.17) is 11.6 Å². The zero-order valence-corrected chi connectivity index (χ0v) is 12.1. The van der Waals surface area contributed by atoms with Crippen LogP contribution < -0.4 is 4.72 Å². The summed E-state index contributed by atoms with van der Waals surface area (Å²) in [6.07, 6.45) is -4.51. The maximum Gasteiger partial charge on any atom is 0.402 e. The van der Waals surface area contributed by atoms with Gasteiger partial charge in [0, 0.05) is 0 Å². The third-order valence-corrected chi connectivity index (χ3v) is 3.43. The maximum atomic E-state index is 13.5. The third kappa shape index (κ3) is 5.88. The quantitative estimate of drug-likeness (QED) is 0.839. The van der Waals surface area contributed by atoms with E-state index in [1.165, 1.54) is 13.0 Å². The molecule has 0 fully saturated rings. The van der Waals surface area contributed by atoms with Gasteiger partial charge in [0.05, 0.1) is 9.92 Å². The summed E-state index contributed by atoms with van der Waals surface area (Å²) in [4.78, 5) is -0.398. The molecule has 0 radical (unpaired) electrons. The van der Waals surface area contributed by atoms with Crippen molar-refractivity contribution in [2.24, 2.45) is 0 Å². The van der Waals surface area contributed by atoms with Crippen LogP contribution in [0.25, 0.3) is 0 Å². The lowest BCUT2D eigenvalue weighted by molar-refractivity contribution is -0.121. The number of alkyl halides is 3. The lowest BCUT2D eigenvalue weighted by Crippen LogP contribution is -2.30. The topological polar surface area (TPSA) is 29.1 Å². The smallest absolute Gasteiger partial charge is 0.237 e. The molecule has 1 N–H and O–H groups in total. The van der Waals surface area contributed by atoms with Crippen molar-refractivity contribution < 1.29 is 21.8 Å². The van der Waals surface area contributed by atoms with Gasteiger partial charge in [-0.15, -0.1) is 0 Å². The Labute approximate surface area is 116 Å². The molecule has 0 bridgehead atoms. The van der Waals surface area contributed by atoms with Gasteiger partial charge in [-0.3, -0.25) is 0 Å². The van der Waals surface area contributed by atoms with E-state index in [1.54, 1.807) is 4.72 Å². The second-order valence-corrected chi connectivity index (χ2v) is 4.86. The Balaban J connectivity index is 0.00000154. The molecule has 0 aromatic heterocycles. The molecule has 1 rings (SSSR count). The van der Waals surface area contributed by atoms with Crippen molar-refractivity contribution in [2.45, 2.75) is 31.8 Å². The van der Waals surface area contributed by atoms with E-state index in [0.717, 1.165) is 6.07 Å². The summed E-state index contributed by atoms with van der Waals surface area (Å²) in [5.41, 5.74) is 0.417. The zero-order chi connectivity index (χ0) is 15.2.